The molecule has 2 aliphatic heterocycles. The molecule has 3 atom stereocenters. The van der Waals surface area contributed by atoms with Crippen LogP contribution in [0.1, 0.15) is 34.1 Å². The number of hydrogen-bond acceptors (Lipinski definition) is 3. The van der Waals surface area contributed by atoms with Gasteiger partial charge < -0.3 is 9.64 Å². The van der Waals surface area contributed by atoms with Gasteiger partial charge in [0.05, 0.1) is 11.7 Å². The minimum atomic E-state index is -0.371. The Morgan fingerprint density at radius 1 is 1.31 bits per heavy atom. The molecule has 0 N–H and O–H groups in total. The molecule has 16 heavy (non-hydrogen) atoms. The molecule has 0 aliphatic carbocycles. The van der Waals surface area contributed by atoms with Crippen LogP contribution in [0.2, 0.25) is 0 Å². The van der Waals surface area contributed by atoms with Gasteiger partial charge in [-0.25, -0.2) is 0 Å². The minimum Gasteiger partial charge on any atom is -0.369 e. The van der Waals surface area contributed by atoms with Gasteiger partial charge in [0.1, 0.15) is 6.04 Å². The van der Waals surface area contributed by atoms with E-state index in [4.69, 9.17) is 4.74 Å². The fourth-order valence-electron chi connectivity index (χ4n) is 3.07. The Morgan fingerprint density at radius 2 is 1.94 bits per heavy atom. The maximum Gasteiger partial charge on any atom is 0.220 e. The van der Waals surface area contributed by atoms with Crippen molar-refractivity contribution >= 4 is 11.7 Å². The largest absolute Gasteiger partial charge is 0.369 e. The number of Topliss-reactive ketones (excluding diaryl/α,β-unsaturated/α-hetero) is 1. The Kier molecular flexibility index (Phi) is 2.57. The van der Waals surface area contributed by atoms with Crippen molar-refractivity contribution in [2.45, 2.75) is 51.9 Å². The average Bonchev–Trinajstić information content (AvgIpc) is 2.54. The van der Waals surface area contributed by atoms with E-state index >= 15 is 0 Å². The second-order valence-electron chi connectivity index (χ2n) is 5.53. The summed E-state index contributed by atoms with van der Waals surface area (Å²) in [5, 5.41) is 0. The van der Waals surface area contributed by atoms with Crippen LogP contribution >= 0.6 is 0 Å². The van der Waals surface area contributed by atoms with E-state index in [1.165, 1.54) is 13.8 Å². The summed E-state index contributed by atoms with van der Waals surface area (Å²) in [4.78, 5) is 24.8. The van der Waals surface area contributed by atoms with Gasteiger partial charge in [-0.2, -0.15) is 0 Å². The molecule has 4 heteroatoms. The SMILES string of the molecule is CC(=O)C1C2OC(C)(C)CC2CN1C(C)=O. The predicted octanol–water partition coefficient (Wildman–Crippen LogP) is 0.990. The van der Waals surface area contributed by atoms with Crippen LogP contribution in [0.4, 0.5) is 0 Å². The quantitative estimate of drug-likeness (QED) is 0.668. The van der Waals surface area contributed by atoms with Gasteiger partial charge >= 0.3 is 0 Å². The molecule has 2 saturated heterocycles. The molecule has 0 aromatic rings. The van der Waals surface area contributed by atoms with E-state index in [9.17, 15) is 9.59 Å². The number of nitrogens with zero attached hydrogens (tertiary/aromatic N) is 1. The molecule has 0 saturated carbocycles. The molecule has 0 aromatic heterocycles. The normalized spacial score (nSPS) is 36.2. The Morgan fingerprint density at radius 3 is 2.44 bits per heavy atom. The van der Waals surface area contributed by atoms with Gasteiger partial charge in [0.25, 0.3) is 0 Å². The monoisotopic (exact) mass is 225 g/mol. The summed E-state index contributed by atoms with van der Waals surface area (Å²) >= 11 is 0. The molecule has 1 amide bonds. The van der Waals surface area contributed by atoms with Gasteiger partial charge in [0, 0.05) is 19.4 Å². The fourth-order valence-corrected chi connectivity index (χ4v) is 3.07. The van der Waals surface area contributed by atoms with Gasteiger partial charge in [-0.15, -0.1) is 0 Å². The number of ether oxygens (including phenoxy) is 1. The van der Waals surface area contributed by atoms with E-state index in [0.717, 1.165) is 6.42 Å². The molecule has 0 aromatic carbocycles. The molecular weight excluding hydrogens is 206 g/mol. The number of amides is 1. The van der Waals surface area contributed by atoms with Crippen LogP contribution in [-0.2, 0) is 14.3 Å². The number of ketones is 1. The first-order valence-electron chi connectivity index (χ1n) is 5.77. The van der Waals surface area contributed by atoms with Crippen LogP contribution in [0.3, 0.4) is 0 Å². The van der Waals surface area contributed by atoms with E-state index in [1.54, 1.807) is 4.90 Å². The highest BCUT2D eigenvalue weighted by Crippen LogP contribution is 2.42. The number of fused-ring (bicyclic) bond motifs is 1. The third-order valence-electron chi connectivity index (χ3n) is 3.57. The van der Waals surface area contributed by atoms with Crippen molar-refractivity contribution < 1.29 is 14.3 Å². The van der Waals surface area contributed by atoms with Crippen LogP contribution in [-0.4, -0.2) is 40.9 Å². The summed E-state index contributed by atoms with van der Waals surface area (Å²) in [5.74, 6) is 0.309. The molecule has 4 nitrogen and oxygen atoms in total. The number of rotatable bonds is 1. The van der Waals surface area contributed by atoms with Gasteiger partial charge in [-0.3, -0.25) is 9.59 Å². The lowest BCUT2D eigenvalue weighted by Gasteiger charge is -2.28. The van der Waals surface area contributed by atoms with Gasteiger partial charge in [-0.05, 0) is 27.2 Å². The van der Waals surface area contributed by atoms with Crippen molar-refractivity contribution in [3.8, 4) is 0 Å². The fraction of sp³-hybridized carbons (Fsp3) is 0.833. The van der Waals surface area contributed by atoms with Gasteiger partial charge in [-0.1, -0.05) is 0 Å². The summed E-state index contributed by atoms with van der Waals surface area (Å²) in [6.45, 7) is 7.80. The smallest absolute Gasteiger partial charge is 0.220 e. The molecule has 0 radical (unpaired) electrons. The van der Waals surface area contributed by atoms with Crippen LogP contribution in [0.25, 0.3) is 0 Å². The van der Waals surface area contributed by atoms with E-state index in [-0.39, 0.29) is 29.4 Å². The molecular formula is C12H19NO3. The van der Waals surface area contributed by atoms with Crippen LogP contribution < -0.4 is 0 Å². The zero-order valence-corrected chi connectivity index (χ0v) is 10.3. The first-order chi connectivity index (χ1) is 7.32. The molecule has 2 rings (SSSR count). The summed E-state index contributed by atoms with van der Waals surface area (Å²) < 4.78 is 5.91. The maximum atomic E-state index is 11.6. The zero-order chi connectivity index (χ0) is 12.1. The van der Waals surface area contributed by atoms with Crippen molar-refractivity contribution in [2.75, 3.05) is 6.54 Å². The second kappa shape index (κ2) is 3.55. The minimum absolute atomic E-state index is 0.0281. The van der Waals surface area contributed by atoms with Crippen LogP contribution in [0, 0.1) is 5.92 Å². The van der Waals surface area contributed by atoms with E-state index in [0.29, 0.717) is 12.5 Å². The standard InChI is InChI=1S/C12H19NO3/c1-7(14)10-11-9(5-12(3,4)16-11)6-13(10)8(2)15/h9-11H,5-6H2,1-4H3. The summed E-state index contributed by atoms with van der Waals surface area (Å²) in [7, 11) is 0. The first kappa shape index (κ1) is 11.6. The lowest BCUT2D eigenvalue weighted by molar-refractivity contribution is -0.140. The summed E-state index contributed by atoms with van der Waals surface area (Å²) in [5.41, 5.74) is -0.161. The number of carbonyl (C=O) groups excluding carboxylic acids is 2. The average molecular weight is 225 g/mol. The highest BCUT2D eigenvalue weighted by molar-refractivity contribution is 5.88. The lowest BCUT2D eigenvalue weighted by Crippen LogP contribution is -2.45. The molecule has 2 heterocycles. The highest BCUT2D eigenvalue weighted by atomic mass is 16.5. The molecule has 3 unspecified atom stereocenters. The number of carbonyl (C=O) groups is 2. The third kappa shape index (κ3) is 1.75. The topological polar surface area (TPSA) is 46.6 Å². The molecule has 90 valence electrons. The van der Waals surface area contributed by atoms with E-state index in [1.807, 2.05) is 13.8 Å². The van der Waals surface area contributed by atoms with Crippen LogP contribution in [0.5, 0.6) is 0 Å². The van der Waals surface area contributed by atoms with Crippen molar-refractivity contribution in [1.29, 1.82) is 0 Å². The van der Waals surface area contributed by atoms with Crippen molar-refractivity contribution in [2.24, 2.45) is 5.92 Å². The molecule has 0 spiro atoms. The zero-order valence-electron chi connectivity index (χ0n) is 10.3. The van der Waals surface area contributed by atoms with Gasteiger partial charge in [0.2, 0.25) is 5.91 Å². The highest BCUT2D eigenvalue weighted by Gasteiger charge is 2.53. The second-order valence-corrected chi connectivity index (χ2v) is 5.53. The first-order valence-corrected chi connectivity index (χ1v) is 5.77. The van der Waals surface area contributed by atoms with E-state index in [2.05, 4.69) is 0 Å². The molecule has 2 fully saturated rings. The number of hydrogen-bond donors (Lipinski definition) is 0. The summed E-state index contributed by atoms with van der Waals surface area (Å²) in [6.07, 6.45) is 0.821. The van der Waals surface area contributed by atoms with E-state index < -0.39 is 0 Å². The Bertz CT molecular complexity index is 337. The molecule has 2 aliphatic rings. The number of likely N-dealkylation sites (tertiary alicyclic amines) is 1. The van der Waals surface area contributed by atoms with Crippen molar-refractivity contribution in [3.63, 3.8) is 0 Å². The lowest BCUT2D eigenvalue weighted by atomic mass is 9.94. The summed E-state index contributed by atoms with van der Waals surface area (Å²) in [6, 6.07) is -0.371. The Balaban J connectivity index is 2.23. The third-order valence-corrected chi connectivity index (χ3v) is 3.57. The Hall–Kier alpha value is -0.900. The van der Waals surface area contributed by atoms with Crippen LogP contribution in [0.15, 0.2) is 0 Å². The van der Waals surface area contributed by atoms with Crippen molar-refractivity contribution in [1.82, 2.24) is 4.90 Å². The predicted molar refractivity (Wildman–Crippen MR) is 58.9 cm³/mol. The van der Waals surface area contributed by atoms with Crippen molar-refractivity contribution in [3.05, 3.63) is 0 Å². The Labute approximate surface area is 95.9 Å². The molecule has 0 bridgehead atoms. The maximum absolute atomic E-state index is 11.6. The van der Waals surface area contributed by atoms with Gasteiger partial charge in [0.15, 0.2) is 5.78 Å².